The summed E-state index contributed by atoms with van der Waals surface area (Å²) in [6.07, 6.45) is 0. The van der Waals surface area contributed by atoms with Gasteiger partial charge in [0.15, 0.2) is 17.5 Å². The number of hydrogen-bond acceptors (Lipinski definition) is 5. The Morgan fingerprint density at radius 2 is 0.884 bits per heavy atom. The largest absolute Gasteiger partial charge is 0.455 e. The van der Waals surface area contributed by atoms with Crippen LogP contribution in [0.3, 0.4) is 0 Å². The van der Waals surface area contributed by atoms with E-state index in [0.717, 1.165) is 65.5 Å². The van der Waals surface area contributed by atoms with Crippen molar-refractivity contribution in [1.82, 2.24) is 19.9 Å². The van der Waals surface area contributed by atoms with E-state index in [0.29, 0.717) is 23.2 Å². The van der Waals surface area contributed by atoms with E-state index in [-0.39, 0.29) is 0 Å². The van der Waals surface area contributed by atoms with E-state index in [1.807, 2.05) is 84.9 Å². The number of nitrogens with zero attached hydrogens (tertiary/aromatic N) is 4. The summed E-state index contributed by atoms with van der Waals surface area (Å²) in [7, 11) is 0. The summed E-state index contributed by atoms with van der Waals surface area (Å²) < 4.78 is 6.68. The molecule has 3 heterocycles. The predicted octanol–water partition coefficient (Wildman–Crippen LogP) is 9.63. The molecule has 3 aromatic heterocycles. The summed E-state index contributed by atoms with van der Waals surface area (Å²) in [6.45, 7) is 0. The molecule has 0 fully saturated rings. The van der Waals surface area contributed by atoms with Gasteiger partial charge in [-0.2, -0.15) is 0 Å². The Bertz CT molecular complexity index is 2450. The van der Waals surface area contributed by atoms with Gasteiger partial charge in [0.25, 0.3) is 0 Å². The van der Waals surface area contributed by atoms with Gasteiger partial charge in [-0.05, 0) is 22.9 Å². The smallest absolute Gasteiger partial charge is 0.183 e. The molecule has 0 aliphatic heterocycles. The fourth-order valence-corrected chi connectivity index (χ4v) is 6.19. The van der Waals surface area contributed by atoms with Gasteiger partial charge in [-0.15, -0.1) is 0 Å². The van der Waals surface area contributed by atoms with Gasteiger partial charge in [-0.1, -0.05) is 121 Å². The molecular weight excluding hydrogens is 528 g/mol. The third kappa shape index (κ3) is 3.65. The molecule has 6 aromatic carbocycles. The second kappa shape index (κ2) is 9.29. The first-order chi connectivity index (χ1) is 21.3. The number of aromatic nitrogens is 4. The fraction of sp³-hybridized carbons (Fsp3) is 0. The lowest BCUT2D eigenvalue weighted by molar-refractivity contribution is 0.673. The third-order valence-electron chi connectivity index (χ3n) is 8.09. The Morgan fingerprint density at radius 3 is 1.56 bits per heavy atom. The van der Waals surface area contributed by atoms with Crippen LogP contribution in [0.2, 0.25) is 0 Å². The molecule has 0 atom stereocenters. The van der Waals surface area contributed by atoms with Crippen molar-refractivity contribution in [3.8, 4) is 34.3 Å². The fourth-order valence-electron chi connectivity index (χ4n) is 6.19. The third-order valence-corrected chi connectivity index (χ3v) is 8.09. The normalized spacial score (nSPS) is 11.7. The number of para-hydroxylation sites is 2. The Kier molecular flexibility index (Phi) is 5.13. The van der Waals surface area contributed by atoms with E-state index < -0.39 is 0 Å². The van der Waals surface area contributed by atoms with E-state index in [9.17, 15) is 0 Å². The monoisotopic (exact) mass is 550 g/mol. The van der Waals surface area contributed by atoms with Crippen molar-refractivity contribution in [2.24, 2.45) is 0 Å². The Hall–Kier alpha value is -5.94. The summed E-state index contributed by atoms with van der Waals surface area (Å²) in [6, 6.07) is 45.0. The van der Waals surface area contributed by atoms with Crippen LogP contribution in [-0.2, 0) is 0 Å². The van der Waals surface area contributed by atoms with E-state index >= 15 is 0 Å². The van der Waals surface area contributed by atoms with Gasteiger partial charge in [0.1, 0.15) is 16.9 Å². The Labute approximate surface area is 246 Å². The van der Waals surface area contributed by atoms with Crippen LogP contribution in [0.5, 0.6) is 0 Å². The maximum Gasteiger partial charge on any atom is 0.183 e. The van der Waals surface area contributed by atoms with E-state index in [2.05, 4.69) is 48.5 Å². The van der Waals surface area contributed by atoms with Crippen molar-refractivity contribution in [2.75, 3.05) is 0 Å². The first-order valence-corrected chi connectivity index (χ1v) is 14.3. The quantitative estimate of drug-likeness (QED) is 0.205. The molecule has 0 amide bonds. The van der Waals surface area contributed by atoms with Gasteiger partial charge in [0, 0.05) is 38.1 Å². The lowest BCUT2D eigenvalue weighted by atomic mass is 9.93. The SMILES string of the molecule is c1ccc(-c2nc(-c3ccccc3)nc(-c3nc4ccccc4c4c5oc6ccccc6c5c5ccccc5c34)n2)cc1. The Balaban J connectivity index is 1.49. The van der Waals surface area contributed by atoms with E-state index in [4.69, 9.17) is 24.4 Å². The molecule has 0 saturated heterocycles. The lowest BCUT2D eigenvalue weighted by Gasteiger charge is -2.14. The van der Waals surface area contributed by atoms with Crippen molar-refractivity contribution in [3.63, 3.8) is 0 Å². The number of pyridine rings is 1. The van der Waals surface area contributed by atoms with Gasteiger partial charge < -0.3 is 4.42 Å². The minimum atomic E-state index is 0.518. The average Bonchev–Trinajstić information content (AvgIpc) is 3.48. The van der Waals surface area contributed by atoms with Crippen LogP contribution in [0.4, 0.5) is 0 Å². The number of fused-ring (bicyclic) bond motifs is 10. The number of hydrogen-bond donors (Lipinski definition) is 0. The zero-order valence-electron chi connectivity index (χ0n) is 22.9. The second-order valence-corrected chi connectivity index (χ2v) is 10.6. The highest BCUT2D eigenvalue weighted by Crippen LogP contribution is 2.45. The number of furan rings is 1. The molecule has 200 valence electrons. The molecule has 0 aliphatic carbocycles. The van der Waals surface area contributed by atoms with Gasteiger partial charge in [-0.3, -0.25) is 0 Å². The van der Waals surface area contributed by atoms with Crippen molar-refractivity contribution in [2.45, 2.75) is 0 Å². The molecule has 0 radical (unpaired) electrons. The van der Waals surface area contributed by atoms with Gasteiger partial charge >= 0.3 is 0 Å². The predicted molar refractivity (Wildman–Crippen MR) is 174 cm³/mol. The van der Waals surface area contributed by atoms with Gasteiger partial charge in [-0.25, -0.2) is 19.9 Å². The van der Waals surface area contributed by atoms with Crippen LogP contribution in [0.15, 0.2) is 138 Å². The lowest BCUT2D eigenvalue weighted by Crippen LogP contribution is -2.02. The molecule has 9 aromatic rings. The molecule has 5 heteroatoms. The first-order valence-electron chi connectivity index (χ1n) is 14.3. The van der Waals surface area contributed by atoms with Crippen molar-refractivity contribution in [3.05, 3.63) is 133 Å². The highest BCUT2D eigenvalue weighted by Gasteiger charge is 2.23. The first kappa shape index (κ1) is 23.7. The summed E-state index contributed by atoms with van der Waals surface area (Å²) in [5.41, 5.74) is 5.08. The minimum absolute atomic E-state index is 0.518. The van der Waals surface area contributed by atoms with Gasteiger partial charge in [0.05, 0.1) is 5.52 Å². The molecule has 0 saturated carbocycles. The van der Waals surface area contributed by atoms with Crippen LogP contribution in [-0.4, -0.2) is 19.9 Å². The highest BCUT2D eigenvalue weighted by molar-refractivity contribution is 6.36. The second-order valence-electron chi connectivity index (χ2n) is 10.6. The summed E-state index contributed by atoms with van der Waals surface area (Å²) in [5.74, 6) is 1.72. The maximum absolute atomic E-state index is 6.68. The molecule has 9 rings (SSSR count). The van der Waals surface area contributed by atoms with Crippen molar-refractivity contribution < 1.29 is 4.42 Å². The number of benzene rings is 6. The molecular formula is C38H22N4O. The molecule has 43 heavy (non-hydrogen) atoms. The van der Waals surface area contributed by atoms with Crippen molar-refractivity contribution in [1.29, 1.82) is 0 Å². The molecule has 5 nitrogen and oxygen atoms in total. The molecule has 0 bridgehead atoms. The van der Waals surface area contributed by atoms with Crippen LogP contribution in [0.25, 0.3) is 88.7 Å². The van der Waals surface area contributed by atoms with Crippen LogP contribution in [0.1, 0.15) is 0 Å². The van der Waals surface area contributed by atoms with Crippen LogP contribution in [0, 0.1) is 0 Å². The number of rotatable bonds is 3. The standard InChI is InChI=1S/C38H22N4O/c1-3-13-23(14-4-1)36-40-37(24-15-5-2-6-16-24)42-38(41-36)34-32-26-18-8-7-17-25(26)31-28-20-10-12-22-30(28)43-35(31)33(32)27-19-9-11-21-29(27)39-34/h1-22H. The van der Waals surface area contributed by atoms with E-state index in [1.54, 1.807) is 0 Å². The Morgan fingerprint density at radius 1 is 0.372 bits per heavy atom. The zero-order chi connectivity index (χ0) is 28.3. The van der Waals surface area contributed by atoms with Crippen LogP contribution >= 0.6 is 0 Å². The van der Waals surface area contributed by atoms with Crippen molar-refractivity contribution >= 4 is 54.4 Å². The summed E-state index contributed by atoms with van der Waals surface area (Å²) in [5, 5.41) is 7.37. The molecule has 0 aliphatic rings. The highest BCUT2D eigenvalue weighted by atomic mass is 16.3. The van der Waals surface area contributed by atoms with Crippen LogP contribution < -0.4 is 0 Å². The average molecular weight is 551 g/mol. The molecule has 0 spiro atoms. The molecule has 0 N–H and O–H groups in total. The topological polar surface area (TPSA) is 64.7 Å². The zero-order valence-corrected chi connectivity index (χ0v) is 22.9. The van der Waals surface area contributed by atoms with E-state index in [1.165, 1.54) is 0 Å². The maximum atomic E-state index is 6.68. The molecule has 0 unspecified atom stereocenters. The minimum Gasteiger partial charge on any atom is -0.455 e. The summed E-state index contributed by atoms with van der Waals surface area (Å²) in [4.78, 5) is 20.3. The van der Waals surface area contributed by atoms with Gasteiger partial charge in [0.2, 0.25) is 0 Å². The summed E-state index contributed by atoms with van der Waals surface area (Å²) >= 11 is 0.